The predicted octanol–water partition coefficient (Wildman–Crippen LogP) is 6.58. The van der Waals surface area contributed by atoms with Crippen LogP contribution in [0.2, 0.25) is 0 Å². The Morgan fingerprint density at radius 1 is 1.03 bits per heavy atom. The number of anilines is 1. The number of hydrogen-bond acceptors (Lipinski definition) is 6. The molecule has 2 heterocycles. The second-order valence-corrected chi connectivity index (χ2v) is 9.85. The predicted molar refractivity (Wildman–Crippen MR) is 142 cm³/mol. The highest BCUT2D eigenvalue weighted by Crippen LogP contribution is 2.34. The zero-order valence-corrected chi connectivity index (χ0v) is 20.5. The molecule has 0 fully saturated rings. The van der Waals surface area contributed by atoms with Crippen molar-refractivity contribution < 1.29 is 9.53 Å². The number of thioether (sulfide) groups is 1. The summed E-state index contributed by atoms with van der Waals surface area (Å²) < 4.78 is 6.57. The van der Waals surface area contributed by atoms with Gasteiger partial charge in [0.05, 0.1) is 28.1 Å². The second kappa shape index (κ2) is 9.83. The van der Waals surface area contributed by atoms with Crippen LogP contribution in [-0.2, 0) is 4.79 Å². The van der Waals surface area contributed by atoms with Gasteiger partial charge < -0.3 is 4.74 Å². The summed E-state index contributed by atoms with van der Waals surface area (Å²) in [7, 11) is 0. The number of carbonyl (C=O) groups is 1. The molecule has 0 aliphatic carbocycles. The second-order valence-electron chi connectivity index (χ2n) is 7.79. The first-order valence-electron chi connectivity index (χ1n) is 11.0. The van der Waals surface area contributed by atoms with Gasteiger partial charge in [0.15, 0.2) is 0 Å². The van der Waals surface area contributed by atoms with E-state index in [4.69, 9.17) is 9.84 Å². The quantitative estimate of drug-likeness (QED) is 0.219. The summed E-state index contributed by atoms with van der Waals surface area (Å²) in [4.78, 5) is 19.3. The summed E-state index contributed by atoms with van der Waals surface area (Å²) >= 11 is 3.14. The maximum absolute atomic E-state index is 13.5. The standard InChI is InChI=1S/C27H23N3O2S2/c1-3-32-20-12-10-19(11-13-20)16-22-24(17-33-21-14-8-18(2)9-15-21)29-30(26(22)31)27-28-23-6-4-5-7-25(23)34-27/h4-16H,3,17H2,1-2H3/b22-16-. The highest BCUT2D eigenvalue weighted by molar-refractivity contribution is 8.00. The minimum absolute atomic E-state index is 0.160. The van der Waals surface area contributed by atoms with Crippen molar-refractivity contribution in [2.45, 2.75) is 18.7 Å². The summed E-state index contributed by atoms with van der Waals surface area (Å²) in [6.45, 7) is 4.64. The van der Waals surface area contributed by atoms with Crippen molar-refractivity contribution in [1.29, 1.82) is 0 Å². The topological polar surface area (TPSA) is 54.8 Å². The Morgan fingerprint density at radius 3 is 2.53 bits per heavy atom. The average molecular weight is 486 g/mol. The molecular formula is C27H23N3O2S2. The molecule has 0 bridgehead atoms. The van der Waals surface area contributed by atoms with Crippen LogP contribution in [0.5, 0.6) is 5.75 Å². The third-order valence-electron chi connectivity index (χ3n) is 5.32. The lowest BCUT2D eigenvalue weighted by atomic mass is 10.1. The average Bonchev–Trinajstić information content (AvgIpc) is 3.41. The van der Waals surface area contributed by atoms with Crippen molar-refractivity contribution in [2.75, 3.05) is 17.4 Å². The van der Waals surface area contributed by atoms with Crippen molar-refractivity contribution in [3.63, 3.8) is 0 Å². The molecule has 5 nitrogen and oxygen atoms in total. The van der Waals surface area contributed by atoms with E-state index >= 15 is 0 Å². The molecule has 1 aliphatic heterocycles. The molecule has 170 valence electrons. The SMILES string of the molecule is CCOc1ccc(/C=C2\C(=O)N(c3nc4ccccc4s3)N=C2CSc2ccc(C)cc2)cc1. The lowest BCUT2D eigenvalue weighted by Crippen LogP contribution is -2.21. The van der Waals surface area contributed by atoms with Gasteiger partial charge in [-0.15, -0.1) is 11.8 Å². The molecule has 1 aromatic heterocycles. The molecule has 0 atom stereocenters. The summed E-state index contributed by atoms with van der Waals surface area (Å²) in [5.74, 6) is 1.23. The van der Waals surface area contributed by atoms with E-state index in [9.17, 15) is 4.79 Å². The monoisotopic (exact) mass is 485 g/mol. The number of carbonyl (C=O) groups excluding carboxylic acids is 1. The smallest absolute Gasteiger partial charge is 0.282 e. The van der Waals surface area contributed by atoms with Crippen LogP contribution in [-0.4, -0.2) is 29.0 Å². The maximum atomic E-state index is 13.5. The third kappa shape index (κ3) is 4.76. The van der Waals surface area contributed by atoms with Gasteiger partial charge >= 0.3 is 0 Å². The van der Waals surface area contributed by atoms with Crippen LogP contribution in [0.4, 0.5) is 5.13 Å². The number of nitrogens with zero attached hydrogens (tertiary/aromatic N) is 3. The number of fused-ring (bicyclic) bond motifs is 1. The first-order valence-corrected chi connectivity index (χ1v) is 12.8. The Hall–Kier alpha value is -3.42. The Bertz CT molecular complexity index is 1360. The summed E-state index contributed by atoms with van der Waals surface area (Å²) in [6, 6.07) is 24.0. The molecular weight excluding hydrogens is 462 g/mol. The number of hydrazone groups is 1. The molecule has 0 saturated carbocycles. The van der Waals surface area contributed by atoms with Gasteiger partial charge in [-0.1, -0.05) is 53.3 Å². The van der Waals surface area contributed by atoms with Crippen molar-refractivity contribution >= 4 is 56.1 Å². The van der Waals surface area contributed by atoms with Crippen molar-refractivity contribution in [1.82, 2.24) is 4.98 Å². The van der Waals surface area contributed by atoms with Crippen LogP contribution < -0.4 is 9.75 Å². The van der Waals surface area contributed by atoms with Crippen molar-refractivity contribution in [3.8, 4) is 5.75 Å². The molecule has 0 unspecified atom stereocenters. The van der Waals surface area contributed by atoms with E-state index in [-0.39, 0.29) is 5.91 Å². The maximum Gasteiger partial charge on any atom is 0.282 e. The number of aryl methyl sites for hydroxylation is 1. The van der Waals surface area contributed by atoms with Gasteiger partial charge in [-0.3, -0.25) is 4.79 Å². The lowest BCUT2D eigenvalue weighted by Gasteiger charge is -2.07. The van der Waals surface area contributed by atoms with Gasteiger partial charge in [0.1, 0.15) is 5.75 Å². The van der Waals surface area contributed by atoms with E-state index in [1.807, 2.05) is 61.5 Å². The van der Waals surface area contributed by atoms with Crippen LogP contribution >= 0.6 is 23.1 Å². The van der Waals surface area contributed by atoms with Gasteiger partial charge in [0.2, 0.25) is 5.13 Å². The van der Waals surface area contributed by atoms with Crippen LogP contribution in [0.3, 0.4) is 0 Å². The highest BCUT2D eigenvalue weighted by Gasteiger charge is 2.33. The first kappa shape index (κ1) is 22.4. The molecule has 0 N–H and O–H groups in total. The van der Waals surface area contributed by atoms with Crippen LogP contribution in [0.25, 0.3) is 16.3 Å². The van der Waals surface area contributed by atoms with E-state index in [0.717, 1.165) is 32.1 Å². The Morgan fingerprint density at radius 2 is 1.79 bits per heavy atom. The molecule has 4 aromatic rings. The van der Waals surface area contributed by atoms with Gasteiger partial charge in [0, 0.05) is 10.6 Å². The third-order valence-corrected chi connectivity index (χ3v) is 7.35. The van der Waals surface area contributed by atoms with E-state index in [1.54, 1.807) is 11.8 Å². The fraction of sp³-hybridized carbons (Fsp3) is 0.148. The fourth-order valence-electron chi connectivity index (χ4n) is 3.57. The van der Waals surface area contributed by atoms with Gasteiger partial charge in [-0.2, -0.15) is 10.1 Å². The van der Waals surface area contributed by atoms with Crippen LogP contribution in [0.15, 0.2) is 88.4 Å². The lowest BCUT2D eigenvalue weighted by molar-refractivity contribution is -0.114. The number of benzene rings is 3. The molecule has 5 rings (SSSR count). The summed E-state index contributed by atoms with van der Waals surface area (Å²) in [5.41, 5.74) is 4.33. The molecule has 34 heavy (non-hydrogen) atoms. The normalized spacial score (nSPS) is 14.8. The zero-order chi connectivity index (χ0) is 23.5. The van der Waals surface area contributed by atoms with Crippen molar-refractivity contribution in [2.24, 2.45) is 5.10 Å². The number of aromatic nitrogens is 1. The van der Waals surface area contributed by atoms with E-state index in [0.29, 0.717) is 23.1 Å². The minimum atomic E-state index is -0.160. The largest absolute Gasteiger partial charge is 0.494 e. The van der Waals surface area contributed by atoms with Gasteiger partial charge in [-0.05, 0) is 61.9 Å². The number of rotatable bonds is 7. The minimum Gasteiger partial charge on any atom is -0.494 e. The molecule has 0 spiro atoms. The Balaban J connectivity index is 1.47. The number of amides is 1. The molecule has 1 amide bonds. The Labute approximate surface area is 206 Å². The molecule has 0 saturated heterocycles. The van der Waals surface area contributed by atoms with E-state index < -0.39 is 0 Å². The van der Waals surface area contributed by atoms with Crippen LogP contribution in [0, 0.1) is 6.92 Å². The van der Waals surface area contributed by atoms with Crippen LogP contribution in [0.1, 0.15) is 18.1 Å². The van der Waals surface area contributed by atoms with E-state index in [1.165, 1.54) is 21.9 Å². The van der Waals surface area contributed by atoms with Gasteiger partial charge in [0.25, 0.3) is 5.91 Å². The molecule has 7 heteroatoms. The fourth-order valence-corrected chi connectivity index (χ4v) is 5.33. The number of para-hydroxylation sites is 1. The van der Waals surface area contributed by atoms with Gasteiger partial charge in [-0.25, -0.2) is 4.98 Å². The zero-order valence-electron chi connectivity index (χ0n) is 18.9. The number of thiazole rings is 1. The molecule has 0 radical (unpaired) electrons. The first-order chi connectivity index (χ1) is 16.6. The Kier molecular flexibility index (Phi) is 6.47. The molecule has 3 aromatic carbocycles. The molecule has 1 aliphatic rings. The highest BCUT2D eigenvalue weighted by atomic mass is 32.2. The number of ether oxygens (including phenoxy) is 1. The van der Waals surface area contributed by atoms with Crippen molar-refractivity contribution in [3.05, 3.63) is 89.5 Å². The van der Waals surface area contributed by atoms with E-state index in [2.05, 4.69) is 36.2 Å². The summed E-state index contributed by atoms with van der Waals surface area (Å²) in [6.07, 6.45) is 1.90. The number of hydrogen-bond donors (Lipinski definition) is 0. The summed E-state index contributed by atoms with van der Waals surface area (Å²) in [5, 5.41) is 6.75.